The molecule has 2 aliphatic rings. The fourth-order valence-corrected chi connectivity index (χ4v) is 3.88. The Kier molecular flexibility index (Phi) is 4.35. The van der Waals surface area contributed by atoms with Gasteiger partial charge < -0.3 is 5.11 Å². The van der Waals surface area contributed by atoms with Gasteiger partial charge in [-0.25, -0.2) is 0 Å². The average Bonchev–Trinajstić information content (AvgIpc) is 2.43. The summed E-state index contributed by atoms with van der Waals surface area (Å²) < 4.78 is 0. The maximum Gasteiger partial charge on any atom is 0.0695 e. The molecule has 0 spiro atoms. The molecule has 0 amide bonds. The van der Waals surface area contributed by atoms with Crippen molar-refractivity contribution in [1.82, 2.24) is 4.90 Å². The van der Waals surface area contributed by atoms with E-state index in [4.69, 9.17) is 0 Å². The van der Waals surface area contributed by atoms with Crippen LogP contribution in [0.1, 0.15) is 39.0 Å². The second-order valence-corrected chi connectivity index (χ2v) is 6.50. The van der Waals surface area contributed by atoms with Crippen LogP contribution in [0.15, 0.2) is 0 Å². The summed E-state index contributed by atoms with van der Waals surface area (Å²) in [5, 5.41) is 10.9. The average molecular weight is 229 g/mol. The zero-order valence-electron chi connectivity index (χ0n) is 9.69. The lowest BCUT2D eigenvalue weighted by Gasteiger charge is -2.38. The Morgan fingerprint density at radius 3 is 2.80 bits per heavy atom. The standard InChI is InChI=1S/C12H23NOS/c1-10-9-13(7-8-15-10)11-5-3-2-4-6-12(11)14/h10-12,14H,2-9H2,1H3. The van der Waals surface area contributed by atoms with E-state index >= 15 is 0 Å². The lowest BCUT2D eigenvalue weighted by molar-refractivity contribution is 0.0464. The fraction of sp³-hybridized carbons (Fsp3) is 1.00. The van der Waals surface area contributed by atoms with Crippen LogP contribution in [0.4, 0.5) is 0 Å². The van der Waals surface area contributed by atoms with Crippen molar-refractivity contribution in [2.24, 2.45) is 0 Å². The zero-order chi connectivity index (χ0) is 10.7. The van der Waals surface area contributed by atoms with Crippen molar-refractivity contribution in [2.45, 2.75) is 56.4 Å². The first-order valence-electron chi connectivity index (χ1n) is 6.31. The van der Waals surface area contributed by atoms with Gasteiger partial charge in [0.05, 0.1) is 6.10 Å². The van der Waals surface area contributed by atoms with Crippen molar-refractivity contribution in [3.63, 3.8) is 0 Å². The van der Waals surface area contributed by atoms with Gasteiger partial charge in [-0.05, 0) is 12.8 Å². The quantitative estimate of drug-likeness (QED) is 0.697. The van der Waals surface area contributed by atoms with E-state index in [1.807, 2.05) is 0 Å². The molecule has 1 heterocycles. The van der Waals surface area contributed by atoms with Crippen LogP contribution < -0.4 is 0 Å². The summed E-state index contributed by atoms with van der Waals surface area (Å²) in [7, 11) is 0. The molecule has 3 heteroatoms. The molecule has 1 aliphatic carbocycles. The zero-order valence-corrected chi connectivity index (χ0v) is 10.5. The fourth-order valence-electron chi connectivity index (χ4n) is 2.84. The molecule has 1 aliphatic heterocycles. The normalized spacial score (nSPS) is 40.0. The number of thioether (sulfide) groups is 1. The number of aliphatic hydroxyl groups is 1. The third-order valence-corrected chi connectivity index (χ3v) is 4.82. The van der Waals surface area contributed by atoms with Gasteiger partial charge in [0, 0.05) is 30.1 Å². The van der Waals surface area contributed by atoms with E-state index in [1.54, 1.807) is 0 Å². The Balaban J connectivity index is 1.94. The Morgan fingerprint density at radius 1 is 1.20 bits per heavy atom. The Hall–Kier alpha value is 0.270. The molecule has 2 nitrogen and oxygen atoms in total. The smallest absolute Gasteiger partial charge is 0.0695 e. The van der Waals surface area contributed by atoms with Gasteiger partial charge in [0.2, 0.25) is 0 Å². The molecule has 0 aromatic rings. The van der Waals surface area contributed by atoms with E-state index < -0.39 is 0 Å². The third kappa shape index (κ3) is 3.11. The van der Waals surface area contributed by atoms with E-state index in [9.17, 15) is 5.11 Å². The van der Waals surface area contributed by atoms with Gasteiger partial charge in [-0.3, -0.25) is 4.90 Å². The molecule has 1 N–H and O–H groups in total. The van der Waals surface area contributed by atoms with Crippen molar-refractivity contribution in [2.75, 3.05) is 18.8 Å². The van der Waals surface area contributed by atoms with Crippen LogP contribution in [-0.2, 0) is 0 Å². The highest BCUT2D eigenvalue weighted by molar-refractivity contribution is 7.99. The summed E-state index contributed by atoms with van der Waals surface area (Å²) in [5.41, 5.74) is 0. The lowest BCUT2D eigenvalue weighted by Crippen LogP contribution is -2.48. The molecule has 1 saturated heterocycles. The predicted molar refractivity (Wildman–Crippen MR) is 66.4 cm³/mol. The summed E-state index contributed by atoms with van der Waals surface area (Å²) in [4.78, 5) is 2.54. The van der Waals surface area contributed by atoms with E-state index in [0.29, 0.717) is 6.04 Å². The minimum absolute atomic E-state index is 0.0669. The number of hydrogen-bond acceptors (Lipinski definition) is 3. The molecule has 15 heavy (non-hydrogen) atoms. The molecule has 88 valence electrons. The van der Waals surface area contributed by atoms with Gasteiger partial charge in [-0.15, -0.1) is 0 Å². The molecule has 0 radical (unpaired) electrons. The summed E-state index contributed by atoms with van der Waals surface area (Å²) in [5.74, 6) is 1.24. The second-order valence-electron chi connectivity index (χ2n) is 4.95. The van der Waals surface area contributed by atoms with E-state index in [2.05, 4.69) is 23.6 Å². The van der Waals surface area contributed by atoms with Crippen molar-refractivity contribution in [3.8, 4) is 0 Å². The summed E-state index contributed by atoms with van der Waals surface area (Å²) in [6, 6.07) is 0.454. The highest BCUT2D eigenvalue weighted by Gasteiger charge is 2.29. The van der Waals surface area contributed by atoms with Crippen LogP contribution in [0, 0.1) is 0 Å². The minimum Gasteiger partial charge on any atom is -0.391 e. The van der Waals surface area contributed by atoms with Gasteiger partial charge in [0.1, 0.15) is 0 Å². The van der Waals surface area contributed by atoms with Crippen LogP contribution in [0.2, 0.25) is 0 Å². The van der Waals surface area contributed by atoms with Crippen molar-refractivity contribution < 1.29 is 5.11 Å². The van der Waals surface area contributed by atoms with E-state index in [1.165, 1.54) is 44.5 Å². The van der Waals surface area contributed by atoms with Gasteiger partial charge in [0.15, 0.2) is 0 Å². The van der Waals surface area contributed by atoms with Crippen LogP contribution in [-0.4, -0.2) is 46.2 Å². The number of rotatable bonds is 1. The molecular weight excluding hydrogens is 206 g/mol. The molecule has 0 aromatic carbocycles. The maximum atomic E-state index is 10.1. The topological polar surface area (TPSA) is 23.5 Å². The van der Waals surface area contributed by atoms with Gasteiger partial charge in [0.25, 0.3) is 0 Å². The molecule has 3 atom stereocenters. The van der Waals surface area contributed by atoms with E-state index in [0.717, 1.165) is 11.7 Å². The van der Waals surface area contributed by atoms with Crippen LogP contribution in [0.25, 0.3) is 0 Å². The predicted octanol–water partition coefficient (Wildman–Crippen LogP) is 2.12. The second kappa shape index (κ2) is 5.55. The van der Waals surface area contributed by atoms with Gasteiger partial charge in [-0.2, -0.15) is 11.8 Å². The first-order chi connectivity index (χ1) is 7.27. The molecule has 3 unspecified atom stereocenters. The van der Waals surface area contributed by atoms with Gasteiger partial charge >= 0.3 is 0 Å². The summed E-state index contributed by atoms with van der Waals surface area (Å²) in [6.45, 7) is 4.66. The summed E-state index contributed by atoms with van der Waals surface area (Å²) in [6.07, 6.45) is 5.99. The number of hydrogen-bond donors (Lipinski definition) is 1. The first-order valence-corrected chi connectivity index (χ1v) is 7.36. The third-order valence-electron chi connectivity index (χ3n) is 3.69. The Bertz CT molecular complexity index is 200. The van der Waals surface area contributed by atoms with Gasteiger partial charge in [-0.1, -0.05) is 26.2 Å². The van der Waals surface area contributed by atoms with Crippen molar-refractivity contribution >= 4 is 11.8 Å². The molecule has 0 bridgehead atoms. The molecule has 0 aromatic heterocycles. The SMILES string of the molecule is CC1CN(C2CCCCCC2O)CCS1. The number of aliphatic hydroxyl groups excluding tert-OH is 1. The molecule has 1 saturated carbocycles. The first kappa shape index (κ1) is 11.7. The molecular formula is C12H23NOS. The highest BCUT2D eigenvalue weighted by Crippen LogP contribution is 2.27. The van der Waals surface area contributed by atoms with E-state index in [-0.39, 0.29) is 6.10 Å². The monoisotopic (exact) mass is 229 g/mol. The molecule has 2 rings (SSSR count). The number of nitrogens with zero attached hydrogens (tertiary/aromatic N) is 1. The largest absolute Gasteiger partial charge is 0.391 e. The van der Waals surface area contributed by atoms with Crippen molar-refractivity contribution in [1.29, 1.82) is 0 Å². The van der Waals surface area contributed by atoms with Crippen LogP contribution >= 0.6 is 11.8 Å². The Morgan fingerprint density at radius 2 is 2.00 bits per heavy atom. The van der Waals surface area contributed by atoms with Crippen LogP contribution in [0.5, 0.6) is 0 Å². The highest BCUT2D eigenvalue weighted by atomic mass is 32.2. The maximum absolute atomic E-state index is 10.1. The summed E-state index contributed by atoms with van der Waals surface area (Å²) >= 11 is 2.07. The van der Waals surface area contributed by atoms with Crippen LogP contribution in [0.3, 0.4) is 0 Å². The lowest BCUT2D eigenvalue weighted by atomic mass is 10.0. The van der Waals surface area contributed by atoms with Crippen molar-refractivity contribution in [3.05, 3.63) is 0 Å². The minimum atomic E-state index is -0.0669. The Labute approximate surface area is 97.4 Å². The molecule has 2 fully saturated rings.